The molecule has 2 nitrogen and oxygen atoms in total. The quantitative estimate of drug-likeness (QED) is 0.867. The standard InChI is InChI=1S/C15H23NO/c1-12-5-8-16(9-6-12)15-4-3-14(7-10-17)11-13(15)2/h3-4,11-12,17H,5-10H2,1-2H3. The van der Waals surface area contributed by atoms with E-state index in [1.165, 1.54) is 42.7 Å². The van der Waals surface area contributed by atoms with E-state index in [4.69, 9.17) is 5.11 Å². The van der Waals surface area contributed by atoms with Crippen LogP contribution in [0.1, 0.15) is 30.9 Å². The molecule has 1 saturated heterocycles. The van der Waals surface area contributed by atoms with E-state index in [2.05, 4.69) is 36.9 Å². The molecule has 0 unspecified atom stereocenters. The van der Waals surface area contributed by atoms with E-state index in [9.17, 15) is 0 Å². The van der Waals surface area contributed by atoms with Gasteiger partial charge in [0.05, 0.1) is 0 Å². The Labute approximate surface area is 104 Å². The molecule has 1 heterocycles. The van der Waals surface area contributed by atoms with Crippen molar-refractivity contribution in [3.63, 3.8) is 0 Å². The van der Waals surface area contributed by atoms with E-state index in [0.717, 1.165) is 12.3 Å². The third-order valence-electron chi connectivity index (χ3n) is 3.79. The van der Waals surface area contributed by atoms with Gasteiger partial charge in [-0.1, -0.05) is 19.1 Å². The first-order valence-corrected chi connectivity index (χ1v) is 6.66. The summed E-state index contributed by atoms with van der Waals surface area (Å²) >= 11 is 0. The minimum absolute atomic E-state index is 0.236. The highest BCUT2D eigenvalue weighted by Crippen LogP contribution is 2.26. The van der Waals surface area contributed by atoms with Crippen LogP contribution in [0.3, 0.4) is 0 Å². The van der Waals surface area contributed by atoms with Gasteiger partial charge in [-0.25, -0.2) is 0 Å². The molecule has 0 atom stereocenters. The summed E-state index contributed by atoms with van der Waals surface area (Å²) in [6.07, 6.45) is 3.37. The van der Waals surface area contributed by atoms with Crippen molar-refractivity contribution in [1.29, 1.82) is 0 Å². The molecule has 1 fully saturated rings. The van der Waals surface area contributed by atoms with E-state index in [1.807, 2.05) is 0 Å². The van der Waals surface area contributed by atoms with Crippen molar-refractivity contribution < 1.29 is 5.11 Å². The second-order valence-electron chi connectivity index (χ2n) is 5.26. The molecule has 0 saturated carbocycles. The predicted molar refractivity (Wildman–Crippen MR) is 72.6 cm³/mol. The van der Waals surface area contributed by atoms with Crippen LogP contribution in [0.2, 0.25) is 0 Å². The van der Waals surface area contributed by atoms with Crippen LogP contribution in [0.15, 0.2) is 18.2 Å². The lowest BCUT2D eigenvalue weighted by Crippen LogP contribution is -2.33. The largest absolute Gasteiger partial charge is 0.396 e. The van der Waals surface area contributed by atoms with Gasteiger partial charge in [0.1, 0.15) is 0 Å². The summed E-state index contributed by atoms with van der Waals surface area (Å²) in [5.41, 5.74) is 3.95. The van der Waals surface area contributed by atoms with Crippen LogP contribution < -0.4 is 4.90 Å². The molecule has 0 aliphatic carbocycles. The summed E-state index contributed by atoms with van der Waals surface area (Å²) in [6.45, 7) is 7.12. The van der Waals surface area contributed by atoms with Gasteiger partial charge in [-0.05, 0) is 49.3 Å². The molecule has 0 amide bonds. The summed E-state index contributed by atoms with van der Waals surface area (Å²) < 4.78 is 0. The third kappa shape index (κ3) is 3.01. The van der Waals surface area contributed by atoms with Crippen molar-refractivity contribution in [3.05, 3.63) is 29.3 Å². The molecule has 1 aliphatic heterocycles. The first kappa shape index (κ1) is 12.4. The summed E-state index contributed by atoms with van der Waals surface area (Å²) in [7, 11) is 0. The predicted octanol–water partition coefficient (Wildman–Crippen LogP) is 2.77. The Hall–Kier alpha value is -1.02. The number of piperidine rings is 1. The molecule has 1 aromatic carbocycles. The molecule has 2 heteroatoms. The van der Waals surface area contributed by atoms with Crippen LogP contribution in [-0.2, 0) is 6.42 Å². The highest BCUT2D eigenvalue weighted by molar-refractivity contribution is 5.54. The smallest absolute Gasteiger partial charge is 0.0471 e. The fourth-order valence-electron chi connectivity index (χ4n) is 2.61. The summed E-state index contributed by atoms with van der Waals surface area (Å²) in [5, 5.41) is 8.95. The average molecular weight is 233 g/mol. The molecular weight excluding hydrogens is 210 g/mol. The zero-order valence-corrected chi connectivity index (χ0v) is 10.9. The number of hydrogen-bond donors (Lipinski definition) is 1. The normalized spacial score (nSPS) is 17.5. The second-order valence-corrected chi connectivity index (χ2v) is 5.26. The fraction of sp³-hybridized carbons (Fsp3) is 0.600. The molecule has 0 spiro atoms. The molecule has 1 aliphatic rings. The van der Waals surface area contributed by atoms with Crippen molar-refractivity contribution >= 4 is 5.69 Å². The maximum absolute atomic E-state index is 8.95. The number of hydrogen-bond acceptors (Lipinski definition) is 2. The fourth-order valence-corrected chi connectivity index (χ4v) is 2.61. The van der Waals surface area contributed by atoms with Gasteiger partial charge < -0.3 is 10.0 Å². The second kappa shape index (κ2) is 5.54. The number of aryl methyl sites for hydroxylation is 1. The Bertz CT molecular complexity index is 367. The van der Waals surface area contributed by atoms with Crippen molar-refractivity contribution in [2.45, 2.75) is 33.1 Å². The van der Waals surface area contributed by atoms with Gasteiger partial charge in [0, 0.05) is 25.4 Å². The Morgan fingerprint density at radius 2 is 2.00 bits per heavy atom. The van der Waals surface area contributed by atoms with E-state index < -0.39 is 0 Å². The first-order valence-electron chi connectivity index (χ1n) is 6.66. The molecule has 0 bridgehead atoms. The zero-order chi connectivity index (χ0) is 12.3. The highest BCUT2D eigenvalue weighted by atomic mass is 16.2. The topological polar surface area (TPSA) is 23.5 Å². The Balaban J connectivity index is 2.10. The van der Waals surface area contributed by atoms with E-state index in [-0.39, 0.29) is 6.61 Å². The van der Waals surface area contributed by atoms with Crippen LogP contribution in [0, 0.1) is 12.8 Å². The van der Waals surface area contributed by atoms with Gasteiger partial charge in [0.2, 0.25) is 0 Å². The Morgan fingerprint density at radius 3 is 2.59 bits per heavy atom. The minimum Gasteiger partial charge on any atom is -0.396 e. The van der Waals surface area contributed by atoms with Crippen molar-refractivity contribution in [1.82, 2.24) is 0 Å². The lowest BCUT2D eigenvalue weighted by atomic mass is 9.97. The lowest BCUT2D eigenvalue weighted by Gasteiger charge is -2.33. The molecule has 94 valence electrons. The zero-order valence-electron chi connectivity index (χ0n) is 10.9. The van der Waals surface area contributed by atoms with E-state index in [0.29, 0.717) is 0 Å². The van der Waals surface area contributed by atoms with Crippen LogP contribution >= 0.6 is 0 Å². The van der Waals surface area contributed by atoms with E-state index >= 15 is 0 Å². The van der Waals surface area contributed by atoms with Crippen LogP contribution in [0.25, 0.3) is 0 Å². The van der Waals surface area contributed by atoms with Gasteiger partial charge >= 0.3 is 0 Å². The van der Waals surface area contributed by atoms with Crippen LogP contribution in [0.5, 0.6) is 0 Å². The molecule has 1 N–H and O–H groups in total. The summed E-state index contributed by atoms with van der Waals surface area (Å²) in [6, 6.07) is 6.58. The van der Waals surface area contributed by atoms with Gasteiger partial charge in [0.25, 0.3) is 0 Å². The van der Waals surface area contributed by atoms with Crippen molar-refractivity contribution in [2.24, 2.45) is 5.92 Å². The number of aliphatic hydroxyl groups excluding tert-OH is 1. The Morgan fingerprint density at radius 1 is 1.29 bits per heavy atom. The number of benzene rings is 1. The average Bonchev–Trinajstić information content (AvgIpc) is 2.31. The molecule has 17 heavy (non-hydrogen) atoms. The number of anilines is 1. The van der Waals surface area contributed by atoms with E-state index in [1.54, 1.807) is 0 Å². The highest BCUT2D eigenvalue weighted by Gasteiger charge is 2.17. The van der Waals surface area contributed by atoms with Gasteiger partial charge in [-0.3, -0.25) is 0 Å². The maximum atomic E-state index is 8.95. The van der Waals surface area contributed by atoms with Crippen molar-refractivity contribution in [2.75, 3.05) is 24.6 Å². The minimum atomic E-state index is 0.236. The lowest BCUT2D eigenvalue weighted by molar-refractivity contribution is 0.299. The number of nitrogens with zero attached hydrogens (tertiary/aromatic N) is 1. The molecular formula is C15H23NO. The summed E-state index contributed by atoms with van der Waals surface area (Å²) in [4.78, 5) is 2.50. The SMILES string of the molecule is Cc1cc(CCO)ccc1N1CCC(C)CC1. The van der Waals surface area contributed by atoms with Gasteiger partial charge in [0.15, 0.2) is 0 Å². The first-order chi connectivity index (χ1) is 8.20. The van der Waals surface area contributed by atoms with Gasteiger partial charge in [-0.2, -0.15) is 0 Å². The maximum Gasteiger partial charge on any atom is 0.0471 e. The number of rotatable bonds is 3. The van der Waals surface area contributed by atoms with Crippen LogP contribution in [-0.4, -0.2) is 24.8 Å². The molecule has 0 aromatic heterocycles. The monoisotopic (exact) mass is 233 g/mol. The third-order valence-corrected chi connectivity index (χ3v) is 3.79. The Kier molecular flexibility index (Phi) is 4.06. The van der Waals surface area contributed by atoms with Gasteiger partial charge in [-0.15, -0.1) is 0 Å². The van der Waals surface area contributed by atoms with Crippen LogP contribution in [0.4, 0.5) is 5.69 Å². The summed E-state index contributed by atoms with van der Waals surface area (Å²) in [5.74, 6) is 0.875. The van der Waals surface area contributed by atoms with Crippen molar-refractivity contribution in [3.8, 4) is 0 Å². The molecule has 1 aromatic rings. The molecule has 2 rings (SSSR count). The number of aliphatic hydroxyl groups is 1. The molecule has 0 radical (unpaired) electrons.